The van der Waals surface area contributed by atoms with Gasteiger partial charge in [0.2, 0.25) is 0 Å². The molecule has 0 aromatic rings. The number of nitrogens with zero attached hydrogens (tertiary/aromatic N) is 1. The van der Waals surface area contributed by atoms with Gasteiger partial charge in [0.05, 0.1) is 6.61 Å². The lowest BCUT2D eigenvalue weighted by Crippen LogP contribution is -2.30. The highest BCUT2D eigenvalue weighted by Gasteiger charge is 2.25. The van der Waals surface area contributed by atoms with Crippen molar-refractivity contribution in [2.24, 2.45) is 11.7 Å². The Bertz CT molecular complexity index is 161. The first-order chi connectivity index (χ1) is 5.77. The number of rotatable bonds is 2. The second kappa shape index (κ2) is 4.30. The topological polar surface area (TPSA) is 55.6 Å². The monoisotopic (exact) mass is 172 g/mol. The van der Waals surface area contributed by atoms with Gasteiger partial charge in [-0.3, -0.25) is 0 Å². The molecule has 1 rings (SSSR count). The highest BCUT2D eigenvalue weighted by Crippen LogP contribution is 2.15. The number of amides is 1. The summed E-state index contributed by atoms with van der Waals surface area (Å²) in [6.45, 7) is 4.48. The Morgan fingerprint density at radius 2 is 2.50 bits per heavy atom. The van der Waals surface area contributed by atoms with Gasteiger partial charge in [0, 0.05) is 13.1 Å². The highest BCUT2D eigenvalue weighted by molar-refractivity contribution is 5.67. The molecule has 0 saturated carbocycles. The van der Waals surface area contributed by atoms with Crippen LogP contribution in [0.15, 0.2) is 0 Å². The Morgan fingerprint density at radius 3 is 3.00 bits per heavy atom. The summed E-state index contributed by atoms with van der Waals surface area (Å²) in [6, 6.07) is 0. The van der Waals surface area contributed by atoms with Gasteiger partial charge in [-0.2, -0.15) is 0 Å². The van der Waals surface area contributed by atoms with E-state index in [1.807, 2.05) is 6.92 Å². The minimum absolute atomic E-state index is 0.201. The maximum Gasteiger partial charge on any atom is 0.409 e. The molecule has 1 aliphatic rings. The second-order valence-corrected chi connectivity index (χ2v) is 3.04. The highest BCUT2D eigenvalue weighted by atomic mass is 16.6. The molecule has 1 heterocycles. The number of carbonyl (C=O) groups excluding carboxylic acids is 1. The first-order valence-corrected chi connectivity index (χ1v) is 4.39. The minimum Gasteiger partial charge on any atom is -0.450 e. The largest absolute Gasteiger partial charge is 0.450 e. The van der Waals surface area contributed by atoms with Crippen LogP contribution in [0, 0.1) is 5.92 Å². The van der Waals surface area contributed by atoms with Crippen LogP contribution >= 0.6 is 0 Å². The molecular weight excluding hydrogens is 156 g/mol. The van der Waals surface area contributed by atoms with Gasteiger partial charge in [-0.25, -0.2) is 4.79 Å². The van der Waals surface area contributed by atoms with Crippen molar-refractivity contribution in [2.45, 2.75) is 13.3 Å². The Morgan fingerprint density at radius 1 is 1.75 bits per heavy atom. The minimum atomic E-state index is -0.201. The van der Waals surface area contributed by atoms with Crippen LogP contribution in [0.5, 0.6) is 0 Å². The average Bonchev–Trinajstić information content (AvgIpc) is 2.52. The van der Waals surface area contributed by atoms with Crippen LogP contribution < -0.4 is 5.73 Å². The summed E-state index contributed by atoms with van der Waals surface area (Å²) in [5, 5.41) is 0. The van der Waals surface area contributed by atoms with E-state index >= 15 is 0 Å². The summed E-state index contributed by atoms with van der Waals surface area (Å²) in [7, 11) is 0. The molecule has 1 fully saturated rings. The molecule has 2 N–H and O–H groups in total. The molecule has 1 amide bonds. The maximum absolute atomic E-state index is 11.2. The lowest BCUT2D eigenvalue weighted by molar-refractivity contribution is 0.114. The molecule has 0 aliphatic carbocycles. The van der Waals surface area contributed by atoms with Crippen LogP contribution in [0.1, 0.15) is 13.3 Å². The first kappa shape index (κ1) is 9.32. The van der Waals surface area contributed by atoms with E-state index in [1.165, 1.54) is 0 Å². The molecule has 1 saturated heterocycles. The second-order valence-electron chi connectivity index (χ2n) is 3.04. The van der Waals surface area contributed by atoms with Gasteiger partial charge < -0.3 is 15.4 Å². The molecule has 1 atom stereocenters. The number of ether oxygens (including phenoxy) is 1. The van der Waals surface area contributed by atoms with E-state index in [2.05, 4.69) is 0 Å². The molecule has 70 valence electrons. The predicted molar refractivity (Wildman–Crippen MR) is 45.8 cm³/mol. The van der Waals surface area contributed by atoms with Crippen molar-refractivity contribution < 1.29 is 9.53 Å². The lowest BCUT2D eigenvalue weighted by Gasteiger charge is -2.14. The number of hydrogen-bond acceptors (Lipinski definition) is 3. The molecule has 0 aromatic carbocycles. The molecule has 0 radical (unpaired) electrons. The van der Waals surface area contributed by atoms with E-state index in [0.29, 0.717) is 19.1 Å². The van der Waals surface area contributed by atoms with E-state index in [1.54, 1.807) is 4.90 Å². The average molecular weight is 172 g/mol. The summed E-state index contributed by atoms with van der Waals surface area (Å²) < 4.78 is 4.86. The molecular formula is C8H16N2O2. The standard InChI is InChI=1S/C8H16N2O2/c1-2-12-8(11)10-4-3-7(5-9)6-10/h7H,2-6,9H2,1H3/t7-/m0/s1. The van der Waals surface area contributed by atoms with Gasteiger partial charge in [0.1, 0.15) is 0 Å². The number of nitrogens with two attached hydrogens (primary N) is 1. The summed E-state index contributed by atoms with van der Waals surface area (Å²) in [4.78, 5) is 12.9. The predicted octanol–water partition coefficient (Wildman–Crippen LogP) is 0.424. The van der Waals surface area contributed by atoms with E-state index < -0.39 is 0 Å². The normalized spacial score (nSPS) is 22.8. The summed E-state index contributed by atoms with van der Waals surface area (Å²) in [6.07, 6.45) is 0.809. The molecule has 0 aromatic heterocycles. The van der Waals surface area contributed by atoms with Crippen molar-refractivity contribution in [1.29, 1.82) is 0 Å². The van der Waals surface area contributed by atoms with Crippen LogP contribution in [-0.4, -0.2) is 37.2 Å². The Hall–Kier alpha value is -0.770. The molecule has 0 unspecified atom stereocenters. The quantitative estimate of drug-likeness (QED) is 0.657. The van der Waals surface area contributed by atoms with Crippen LogP contribution in [0.2, 0.25) is 0 Å². The van der Waals surface area contributed by atoms with Crippen LogP contribution in [-0.2, 0) is 4.74 Å². The van der Waals surface area contributed by atoms with E-state index in [0.717, 1.165) is 19.5 Å². The fraction of sp³-hybridized carbons (Fsp3) is 0.875. The number of hydrogen-bond donors (Lipinski definition) is 1. The van der Waals surface area contributed by atoms with Gasteiger partial charge >= 0.3 is 6.09 Å². The zero-order valence-corrected chi connectivity index (χ0v) is 7.45. The van der Waals surface area contributed by atoms with Crippen molar-refractivity contribution in [2.75, 3.05) is 26.2 Å². The van der Waals surface area contributed by atoms with Gasteiger partial charge in [-0.05, 0) is 25.8 Å². The zero-order chi connectivity index (χ0) is 8.97. The van der Waals surface area contributed by atoms with Crippen molar-refractivity contribution in [3.8, 4) is 0 Å². The molecule has 4 heteroatoms. The Labute approximate surface area is 72.7 Å². The Kier molecular flexibility index (Phi) is 3.34. The smallest absolute Gasteiger partial charge is 0.409 e. The lowest BCUT2D eigenvalue weighted by atomic mass is 10.1. The van der Waals surface area contributed by atoms with E-state index in [4.69, 9.17) is 10.5 Å². The van der Waals surface area contributed by atoms with Gasteiger partial charge in [-0.15, -0.1) is 0 Å². The Balaban J connectivity index is 2.31. The summed E-state index contributed by atoms with van der Waals surface area (Å²) in [5.74, 6) is 0.467. The number of carbonyl (C=O) groups is 1. The number of likely N-dealkylation sites (tertiary alicyclic amines) is 1. The SMILES string of the molecule is CCOC(=O)N1CC[C@@H](CN)C1. The third-order valence-electron chi connectivity index (χ3n) is 2.15. The van der Waals surface area contributed by atoms with Gasteiger partial charge in [-0.1, -0.05) is 0 Å². The van der Waals surface area contributed by atoms with E-state index in [9.17, 15) is 4.79 Å². The summed E-state index contributed by atoms with van der Waals surface area (Å²) in [5.41, 5.74) is 5.49. The van der Waals surface area contributed by atoms with Crippen molar-refractivity contribution >= 4 is 6.09 Å². The first-order valence-electron chi connectivity index (χ1n) is 4.39. The molecule has 4 nitrogen and oxygen atoms in total. The van der Waals surface area contributed by atoms with Gasteiger partial charge in [0.25, 0.3) is 0 Å². The fourth-order valence-electron chi connectivity index (χ4n) is 1.41. The third-order valence-corrected chi connectivity index (χ3v) is 2.15. The van der Waals surface area contributed by atoms with Crippen molar-refractivity contribution in [1.82, 2.24) is 4.90 Å². The van der Waals surface area contributed by atoms with Gasteiger partial charge in [0.15, 0.2) is 0 Å². The van der Waals surface area contributed by atoms with Crippen LogP contribution in [0.4, 0.5) is 4.79 Å². The zero-order valence-electron chi connectivity index (χ0n) is 7.45. The van der Waals surface area contributed by atoms with E-state index in [-0.39, 0.29) is 6.09 Å². The molecule has 0 spiro atoms. The molecule has 1 aliphatic heterocycles. The molecule has 12 heavy (non-hydrogen) atoms. The maximum atomic E-state index is 11.2. The molecule has 0 bridgehead atoms. The van der Waals surface area contributed by atoms with Crippen molar-refractivity contribution in [3.05, 3.63) is 0 Å². The van der Waals surface area contributed by atoms with Crippen molar-refractivity contribution in [3.63, 3.8) is 0 Å². The third kappa shape index (κ3) is 2.11. The van der Waals surface area contributed by atoms with Crippen LogP contribution in [0.3, 0.4) is 0 Å². The summed E-state index contributed by atoms with van der Waals surface area (Å²) >= 11 is 0. The van der Waals surface area contributed by atoms with Crippen LogP contribution in [0.25, 0.3) is 0 Å². The fourth-order valence-corrected chi connectivity index (χ4v) is 1.41.